The number of hydrogen-bond donors (Lipinski definition) is 1. The van der Waals surface area contributed by atoms with E-state index in [1.54, 1.807) is 4.90 Å². The third kappa shape index (κ3) is 3.79. The molecule has 0 bridgehead atoms. The highest BCUT2D eigenvalue weighted by Crippen LogP contribution is 2.26. The second-order valence-corrected chi connectivity index (χ2v) is 6.72. The summed E-state index contributed by atoms with van der Waals surface area (Å²) in [5, 5.41) is 14.1. The summed E-state index contributed by atoms with van der Waals surface area (Å²) in [6, 6.07) is 8.02. The van der Waals surface area contributed by atoms with Crippen LogP contribution in [0.15, 0.2) is 30.3 Å². The Morgan fingerprint density at radius 3 is 2.71 bits per heavy atom. The molecule has 0 unspecified atom stereocenters. The van der Waals surface area contributed by atoms with Gasteiger partial charge in [-0.2, -0.15) is 5.21 Å². The fraction of sp³-hybridized carbons (Fsp3) is 0.412. The molecule has 126 valence electrons. The predicted octanol–water partition coefficient (Wildman–Crippen LogP) is 2.89. The molecule has 1 amide bonds. The van der Waals surface area contributed by atoms with Crippen molar-refractivity contribution in [2.45, 2.75) is 32.8 Å². The van der Waals surface area contributed by atoms with Crippen LogP contribution in [0.4, 0.5) is 4.79 Å². The Hall–Kier alpha value is -2.70. The van der Waals surface area contributed by atoms with Gasteiger partial charge in [-0.05, 0) is 49.6 Å². The van der Waals surface area contributed by atoms with Gasteiger partial charge in [0, 0.05) is 18.7 Å². The van der Waals surface area contributed by atoms with Gasteiger partial charge in [0.25, 0.3) is 0 Å². The molecule has 0 spiro atoms. The van der Waals surface area contributed by atoms with Crippen molar-refractivity contribution in [3.63, 3.8) is 0 Å². The summed E-state index contributed by atoms with van der Waals surface area (Å²) in [6.07, 6.45) is 2.59. The van der Waals surface area contributed by atoms with Crippen molar-refractivity contribution < 1.29 is 9.53 Å². The van der Waals surface area contributed by atoms with Crippen LogP contribution in [0.2, 0.25) is 0 Å². The molecule has 0 atom stereocenters. The van der Waals surface area contributed by atoms with E-state index in [-0.39, 0.29) is 6.09 Å². The Morgan fingerprint density at radius 2 is 2.08 bits per heavy atom. The average Bonchev–Trinajstić information content (AvgIpc) is 3.08. The van der Waals surface area contributed by atoms with Crippen molar-refractivity contribution in [3.8, 4) is 11.4 Å². The monoisotopic (exact) mass is 327 g/mol. The highest BCUT2D eigenvalue weighted by atomic mass is 16.6. The molecule has 1 aromatic heterocycles. The van der Waals surface area contributed by atoms with Gasteiger partial charge in [-0.25, -0.2) is 4.79 Å². The first-order valence-electron chi connectivity index (χ1n) is 7.93. The molecule has 2 heterocycles. The summed E-state index contributed by atoms with van der Waals surface area (Å²) in [7, 11) is 0. The number of aromatic amines is 1. The number of nitrogens with zero attached hydrogens (tertiary/aromatic N) is 4. The summed E-state index contributed by atoms with van der Waals surface area (Å²) >= 11 is 0. The number of rotatable bonds is 2. The van der Waals surface area contributed by atoms with Gasteiger partial charge in [-0.3, -0.25) is 0 Å². The molecule has 7 nitrogen and oxygen atoms in total. The van der Waals surface area contributed by atoms with Crippen molar-refractivity contribution in [2.24, 2.45) is 0 Å². The average molecular weight is 327 g/mol. The van der Waals surface area contributed by atoms with E-state index in [0.717, 1.165) is 17.5 Å². The van der Waals surface area contributed by atoms with Crippen molar-refractivity contribution in [1.29, 1.82) is 0 Å². The van der Waals surface area contributed by atoms with Gasteiger partial charge in [0.2, 0.25) is 5.82 Å². The number of carbonyl (C=O) groups excluding carboxylic acids is 1. The zero-order valence-corrected chi connectivity index (χ0v) is 14.1. The Labute approximate surface area is 140 Å². The quantitative estimate of drug-likeness (QED) is 0.917. The Balaban J connectivity index is 1.71. The summed E-state index contributed by atoms with van der Waals surface area (Å²) in [6.45, 7) is 6.82. The number of hydrogen-bond acceptors (Lipinski definition) is 5. The predicted molar refractivity (Wildman–Crippen MR) is 90.0 cm³/mol. The molecule has 2 aromatic rings. The molecule has 0 saturated carbocycles. The Morgan fingerprint density at radius 1 is 1.29 bits per heavy atom. The minimum atomic E-state index is -0.472. The lowest BCUT2D eigenvalue weighted by Gasteiger charge is -2.29. The van der Waals surface area contributed by atoms with Gasteiger partial charge in [0.05, 0.1) is 0 Å². The fourth-order valence-electron chi connectivity index (χ4n) is 2.57. The van der Waals surface area contributed by atoms with Gasteiger partial charge in [-0.15, -0.1) is 10.2 Å². The summed E-state index contributed by atoms with van der Waals surface area (Å²) in [5.74, 6) is 0.573. The molecule has 1 N–H and O–H groups in total. The van der Waals surface area contributed by atoms with Crippen molar-refractivity contribution in [2.75, 3.05) is 13.1 Å². The van der Waals surface area contributed by atoms with Crippen LogP contribution in [0.25, 0.3) is 17.0 Å². The number of amides is 1. The third-order valence-corrected chi connectivity index (χ3v) is 3.70. The summed E-state index contributed by atoms with van der Waals surface area (Å²) in [5.41, 5.74) is 2.76. The van der Waals surface area contributed by atoms with Gasteiger partial charge < -0.3 is 9.64 Å². The third-order valence-electron chi connectivity index (χ3n) is 3.70. The zero-order chi connectivity index (χ0) is 17.2. The largest absolute Gasteiger partial charge is 0.444 e. The van der Waals surface area contributed by atoms with E-state index in [1.165, 1.54) is 5.57 Å². The highest BCUT2D eigenvalue weighted by Gasteiger charge is 2.23. The summed E-state index contributed by atoms with van der Waals surface area (Å²) < 4.78 is 5.42. The molecule has 0 aliphatic carbocycles. The SMILES string of the molecule is CC(C)(C)OC(=O)N1CC=C(c2cccc(-c3nn[nH]n3)c2)CC1. The number of aromatic nitrogens is 4. The summed E-state index contributed by atoms with van der Waals surface area (Å²) in [4.78, 5) is 13.8. The van der Waals surface area contributed by atoms with Crippen LogP contribution in [-0.4, -0.2) is 50.3 Å². The van der Waals surface area contributed by atoms with Crippen molar-refractivity contribution in [3.05, 3.63) is 35.9 Å². The van der Waals surface area contributed by atoms with Crippen molar-refractivity contribution in [1.82, 2.24) is 25.5 Å². The van der Waals surface area contributed by atoms with Gasteiger partial charge >= 0.3 is 6.09 Å². The number of ether oxygens (including phenoxy) is 1. The Bertz CT molecular complexity index is 747. The first-order chi connectivity index (χ1) is 11.4. The maximum absolute atomic E-state index is 12.1. The first-order valence-corrected chi connectivity index (χ1v) is 7.93. The van der Waals surface area contributed by atoms with E-state index in [2.05, 4.69) is 32.8 Å². The minimum absolute atomic E-state index is 0.265. The molecule has 0 fully saturated rings. The normalized spacial score (nSPS) is 15.1. The topological polar surface area (TPSA) is 84.0 Å². The van der Waals surface area contributed by atoms with Gasteiger partial charge in [-0.1, -0.05) is 24.3 Å². The van der Waals surface area contributed by atoms with E-state index in [1.807, 2.05) is 39.0 Å². The van der Waals surface area contributed by atoms with Crippen LogP contribution in [0.3, 0.4) is 0 Å². The second-order valence-electron chi connectivity index (χ2n) is 6.72. The van der Waals surface area contributed by atoms with Crippen LogP contribution >= 0.6 is 0 Å². The van der Waals surface area contributed by atoms with Crippen molar-refractivity contribution >= 4 is 11.7 Å². The first kappa shape index (κ1) is 16.2. The van der Waals surface area contributed by atoms with E-state index < -0.39 is 5.60 Å². The zero-order valence-electron chi connectivity index (χ0n) is 14.1. The van der Waals surface area contributed by atoms with Crippen LogP contribution in [0.5, 0.6) is 0 Å². The molecular weight excluding hydrogens is 306 g/mol. The lowest BCUT2D eigenvalue weighted by molar-refractivity contribution is 0.0270. The molecule has 3 rings (SSSR count). The van der Waals surface area contributed by atoms with Gasteiger partial charge in [0.1, 0.15) is 5.60 Å². The van der Waals surface area contributed by atoms with Crippen LogP contribution < -0.4 is 0 Å². The van der Waals surface area contributed by atoms with E-state index in [4.69, 9.17) is 4.74 Å². The fourth-order valence-corrected chi connectivity index (χ4v) is 2.57. The smallest absolute Gasteiger partial charge is 0.410 e. The van der Waals surface area contributed by atoms with Gasteiger partial charge in [0.15, 0.2) is 0 Å². The molecule has 7 heteroatoms. The standard InChI is InChI=1S/C17H21N5O2/c1-17(2,3)24-16(23)22-9-7-12(8-10-22)13-5-4-6-14(11-13)15-18-20-21-19-15/h4-7,11H,8-10H2,1-3H3,(H,18,19,20,21). The minimum Gasteiger partial charge on any atom is -0.444 e. The maximum Gasteiger partial charge on any atom is 0.410 e. The van der Waals surface area contributed by atoms with E-state index in [0.29, 0.717) is 18.9 Å². The molecular formula is C17H21N5O2. The number of carbonyl (C=O) groups is 1. The Kier molecular flexibility index (Phi) is 4.33. The van der Waals surface area contributed by atoms with Crippen LogP contribution in [0.1, 0.15) is 32.8 Å². The molecule has 1 aromatic carbocycles. The number of nitrogens with one attached hydrogen (secondary N) is 1. The number of tetrazole rings is 1. The molecule has 1 aliphatic rings. The van der Waals surface area contributed by atoms with Crippen LogP contribution in [-0.2, 0) is 4.74 Å². The molecule has 0 saturated heterocycles. The number of benzene rings is 1. The molecule has 0 radical (unpaired) electrons. The number of H-pyrrole nitrogens is 1. The van der Waals surface area contributed by atoms with Crippen LogP contribution in [0, 0.1) is 0 Å². The molecule has 1 aliphatic heterocycles. The molecule has 24 heavy (non-hydrogen) atoms. The lowest BCUT2D eigenvalue weighted by Crippen LogP contribution is -2.39. The maximum atomic E-state index is 12.1. The van der Waals surface area contributed by atoms with E-state index >= 15 is 0 Å². The van der Waals surface area contributed by atoms with E-state index in [9.17, 15) is 4.79 Å². The lowest BCUT2D eigenvalue weighted by atomic mass is 9.98. The highest BCUT2D eigenvalue weighted by molar-refractivity contribution is 5.74. The second kappa shape index (κ2) is 6.43.